The van der Waals surface area contributed by atoms with Gasteiger partial charge in [-0.25, -0.2) is 9.97 Å². The summed E-state index contributed by atoms with van der Waals surface area (Å²) in [4.78, 5) is 9.55. The first-order chi connectivity index (χ1) is 8.20. The fourth-order valence-electron chi connectivity index (χ4n) is 1.88. The Hall–Kier alpha value is -1.20. The highest BCUT2D eigenvalue weighted by atomic mass is 32.1. The van der Waals surface area contributed by atoms with Crippen LogP contribution >= 0.6 is 11.3 Å². The maximum absolute atomic E-state index is 5.78. The highest BCUT2D eigenvalue weighted by Crippen LogP contribution is 2.24. The van der Waals surface area contributed by atoms with Gasteiger partial charge < -0.3 is 11.1 Å². The standard InChI is InChI=1S/C12H18N4S/c1-8(2)5-9(6-13)16-11-10-3-4-17-12(10)15-7-14-11/h3-4,7-9H,5-6,13H2,1-2H3,(H,14,15,16). The number of thiophene rings is 1. The monoisotopic (exact) mass is 250 g/mol. The van der Waals surface area contributed by atoms with Crippen molar-refractivity contribution < 1.29 is 0 Å². The van der Waals surface area contributed by atoms with E-state index in [0.717, 1.165) is 22.5 Å². The number of rotatable bonds is 5. The maximum atomic E-state index is 5.78. The molecule has 0 aliphatic heterocycles. The Morgan fingerprint density at radius 3 is 2.94 bits per heavy atom. The quantitative estimate of drug-likeness (QED) is 0.855. The first kappa shape index (κ1) is 12.3. The zero-order chi connectivity index (χ0) is 12.3. The molecule has 5 heteroatoms. The number of anilines is 1. The van der Waals surface area contributed by atoms with Gasteiger partial charge in [0.05, 0.1) is 5.39 Å². The summed E-state index contributed by atoms with van der Waals surface area (Å²) < 4.78 is 0. The number of aromatic nitrogens is 2. The predicted octanol–water partition coefficient (Wildman–Crippen LogP) is 2.48. The summed E-state index contributed by atoms with van der Waals surface area (Å²) in [6.45, 7) is 5.02. The van der Waals surface area contributed by atoms with E-state index in [2.05, 4.69) is 29.1 Å². The minimum absolute atomic E-state index is 0.271. The van der Waals surface area contributed by atoms with Crippen molar-refractivity contribution in [3.8, 4) is 0 Å². The molecule has 0 amide bonds. The van der Waals surface area contributed by atoms with Crippen molar-refractivity contribution in [1.82, 2.24) is 9.97 Å². The van der Waals surface area contributed by atoms with E-state index in [1.807, 2.05) is 11.4 Å². The van der Waals surface area contributed by atoms with E-state index in [0.29, 0.717) is 12.5 Å². The third kappa shape index (κ3) is 2.92. The van der Waals surface area contributed by atoms with Crippen LogP contribution in [0.5, 0.6) is 0 Å². The molecule has 0 aromatic carbocycles. The lowest BCUT2D eigenvalue weighted by atomic mass is 10.0. The maximum Gasteiger partial charge on any atom is 0.138 e. The molecule has 92 valence electrons. The van der Waals surface area contributed by atoms with Crippen molar-refractivity contribution in [2.75, 3.05) is 11.9 Å². The van der Waals surface area contributed by atoms with Crippen LogP contribution in [0.3, 0.4) is 0 Å². The summed E-state index contributed by atoms with van der Waals surface area (Å²) in [6.07, 6.45) is 2.65. The molecule has 2 aromatic heterocycles. The van der Waals surface area contributed by atoms with Crippen molar-refractivity contribution in [3.05, 3.63) is 17.8 Å². The van der Waals surface area contributed by atoms with E-state index in [9.17, 15) is 0 Å². The molecule has 1 unspecified atom stereocenters. The van der Waals surface area contributed by atoms with Crippen LogP contribution in [-0.4, -0.2) is 22.6 Å². The van der Waals surface area contributed by atoms with Crippen LogP contribution in [0.1, 0.15) is 20.3 Å². The molecule has 0 saturated carbocycles. The molecule has 0 saturated heterocycles. The van der Waals surface area contributed by atoms with Crippen LogP contribution in [0.2, 0.25) is 0 Å². The van der Waals surface area contributed by atoms with Crippen molar-refractivity contribution in [2.24, 2.45) is 11.7 Å². The van der Waals surface area contributed by atoms with Crippen LogP contribution in [0.4, 0.5) is 5.82 Å². The molecule has 0 aliphatic rings. The fourth-order valence-corrected chi connectivity index (χ4v) is 2.61. The van der Waals surface area contributed by atoms with Gasteiger partial charge in [-0.05, 0) is 23.8 Å². The number of hydrogen-bond donors (Lipinski definition) is 2. The lowest BCUT2D eigenvalue weighted by Crippen LogP contribution is -2.30. The van der Waals surface area contributed by atoms with E-state index in [4.69, 9.17) is 5.73 Å². The van der Waals surface area contributed by atoms with Gasteiger partial charge in [-0.1, -0.05) is 13.8 Å². The summed E-state index contributed by atoms with van der Waals surface area (Å²) in [5.74, 6) is 1.52. The third-order valence-corrected chi connectivity index (χ3v) is 3.46. The summed E-state index contributed by atoms with van der Waals surface area (Å²) in [5.41, 5.74) is 5.78. The molecule has 3 N–H and O–H groups in total. The highest BCUT2D eigenvalue weighted by molar-refractivity contribution is 7.16. The molecular weight excluding hydrogens is 232 g/mol. The van der Waals surface area contributed by atoms with Gasteiger partial charge in [-0.2, -0.15) is 0 Å². The summed E-state index contributed by atoms with van der Waals surface area (Å²) in [5, 5.41) is 6.53. The van der Waals surface area contributed by atoms with Gasteiger partial charge in [0.2, 0.25) is 0 Å². The van der Waals surface area contributed by atoms with Crippen molar-refractivity contribution in [1.29, 1.82) is 0 Å². The Kier molecular flexibility index (Phi) is 3.91. The number of hydrogen-bond acceptors (Lipinski definition) is 5. The molecule has 4 nitrogen and oxygen atoms in total. The van der Waals surface area contributed by atoms with Gasteiger partial charge >= 0.3 is 0 Å². The SMILES string of the molecule is CC(C)CC(CN)Nc1ncnc2sccc12. The lowest BCUT2D eigenvalue weighted by molar-refractivity contribution is 0.521. The smallest absolute Gasteiger partial charge is 0.138 e. The molecular formula is C12H18N4S. The van der Waals surface area contributed by atoms with Crippen LogP contribution in [0.15, 0.2) is 17.8 Å². The van der Waals surface area contributed by atoms with Crippen LogP contribution in [0.25, 0.3) is 10.2 Å². The predicted molar refractivity (Wildman–Crippen MR) is 73.3 cm³/mol. The van der Waals surface area contributed by atoms with E-state index >= 15 is 0 Å². The molecule has 2 heterocycles. The summed E-state index contributed by atoms with van der Waals surface area (Å²) >= 11 is 1.63. The second-order valence-corrected chi connectivity index (χ2v) is 5.46. The number of fused-ring (bicyclic) bond motifs is 1. The molecule has 1 atom stereocenters. The van der Waals surface area contributed by atoms with Crippen LogP contribution in [0, 0.1) is 5.92 Å². The van der Waals surface area contributed by atoms with E-state index in [1.165, 1.54) is 0 Å². The average Bonchev–Trinajstić information content (AvgIpc) is 2.76. The zero-order valence-corrected chi connectivity index (χ0v) is 11.0. The summed E-state index contributed by atoms with van der Waals surface area (Å²) in [6, 6.07) is 2.32. The Balaban J connectivity index is 2.19. The minimum Gasteiger partial charge on any atom is -0.365 e. The normalized spacial score (nSPS) is 13.2. The van der Waals surface area contributed by atoms with E-state index in [1.54, 1.807) is 17.7 Å². The van der Waals surface area contributed by atoms with Gasteiger partial charge in [0.1, 0.15) is 17.0 Å². The zero-order valence-electron chi connectivity index (χ0n) is 10.2. The van der Waals surface area contributed by atoms with E-state index < -0.39 is 0 Å². The van der Waals surface area contributed by atoms with Crippen LogP contribution < -0.4 is 11.1 Å². The van der Waals surface area contributed by atoms with Gasteiger partial charge in [-0.3, -0.25) is 0 Å². The Morgan fingerprint density at radius 1 is 1.41 bits per heavy atom. The number of nitrogens with two attached hydrogens (primary N) is 1. The number of nitrogens with one attached hydrogen (secondary N) is 1. The first-order valence-electron chi connectivity index (χ1n) is 5.85. The Morgan fingerprint density at radius 2 is 2.24 bits per heavy atom. The molecule has 0 radical (unpaired) electrons. The highest BCUT2D eigenvalue weighted by Gasteiger charge is 2.12. The molecule has 2 rings (SSSR count). The average molecular weight is 250 g/mol. The van der Waals surface area contributed by atoms with Gasteiger partial charge in [0, 0.05) is 12.6 Å². The van der Waals surface area contributed by atoms with Gasteiger partial charge in [0.25, 0.3) is 0 Å². The second kappa shape index (κ2) is 5.42. The van der Waals surface area contributed by atoms with Gasteiger partial charge in [0.15, 0.2) is 0 Å². The third-order valence-electron chi connectivity index (χ3n) is 2.64. The van der Waals surface area contributed by atoms with Crippen LogP contribution in [-0.2, 0) is 0 Å². The van der Waals surface area contributed by atoms with Crippen molar-refractivity contribution in [2.45, 2.75) is 26.3 Å². The molecule has 2 aromatic rings. The molecule has 0 bridgehead atoms. The molecule has 0 aliphatic carbocycles. The van der Waals surface area contributed by atoms with Gasteiger partial charge in [-0.15, -0.1) is 11.3 Å². The van der Waals surface area contributed by atoms with Crippen molar-refractivity contribution >= 4 is 27.4 Å². The second-order valence-electron chi connectivity index (χ2n) is 4.57. The first-order valence-corrected chi connectivity index (χ1v) is 6.73. The van der Waals surface area contributed by atoms with Crippen molar-refractivity contribution in [3.63, 3.8) is 0 Å². The summed E-state index contributed by atoms with van der Waals surface area (Å²) in [7, 11) is 0. The Labute approximate surface area is 105 Å². The number of nitrogens with zero attached hydrogens (tertiary/aromatic N) is 2. The minimum atomic E-state index is 0.271. The topological polar surface area (TPSA) is 63.8 Å². The largest absolute Gasteiger partial charge is 0.365 e. The van der Waals surface area contributed by atoms with E-state index in [-0.39, 0.29) is 6.04 Å². The molecule has 0 spiro atoms. The molecule has 0 fully saturated rings. The fraction of sp³-hybridized carbons (Fsp3) is 0.500. The lowest BCUT2D eigenvalue weighted by Gasteiger charge is -2.19. The molecule has 17 heavy (non-hydrogen) atoms. The Bertz CT molecular complexity index is 480.